The van der Waals surface area contributed by atoms with Crippen molar-refractivity contribution in [2.24, 2.45) is 22.6 Å². The average molecular weight is 415 g/mol. The van der Waals surface area contributed by atoms with E-state index in [-0.39, 0.29) is 30.0 Å². The molecule has 122 valence electrons. The van der Waals surface area contributed by atoms with Crippen LogP contribution in [0.3, 0.4) is 0 Å². The van der Waals surface area contributed by atoms with Gasteiger partial charge in [0.2, 0.25) is 0 Å². The molecule has 1 aromatic carbocycles. The van der Waals surface area contributed by atoms with Gasteiger partial charge in [-0.25, -0.2) is 0 Å². The SMILES string of the molecule is CC1CCC(CN=C(N)NC2CCOc3ccccc32)C1.I. The van der Waals surface area contributed by atoms with Gasteiger partial charge < -0.3 is 15.8 Å². The first-order chi connectivity index (χ1) is 10.2. The number of rotatable bonds is 3. The topological polar surface area (TPSA) is 59.6 Å². The summed E-state index contributed by atoms with van der Waals surface area (Å²) in [6.45, 7) is 3.90. The van der Waals surface area contributed by atoms with Crippen molar-refractivity contribution in [3.05, 3.63) is 29.8 Å². The summed E-state index contributed by atoms with van der Waals surface area (Å²) in [6, 6.07) is 8.35. The standard InChI is InChI=1S/C17H25N3O.HI/c1-12-6-7-13(10-12)11-19-17(18)20-15-8-9-21-16-5-3-2-4-14(15)16;/h2-5,12-13,15H,6-11H2,1H3,(H3,18,19,20);1H. The minimum absolute atomic E-state index is 0. The van der Waals surface area contributed by atoms with Crippen LogP contribution in [0.15, 0.2) is 29.3 Å². The fourth-order valence-corrected chi connectivity index (χ4v) is 3.43. The van der Waals surface area contributed by atoms with E-state index in [4.69, 9.17) is 10.5 Å². The van der Waals surface area contributed by atoms with Crippen LogP contribution in [0.1, 0.15) is 44.2 Å². The van der Waals surface area contributed by atoms with Gasteiger partial charge in [0.1, 0.15) is 5.75 Å². The Labute approximate surface area is 149 Å². The van der Waals surface area contributed by atoms with E-state index in [1.807, 2.05) is 18.2 Å². The van der Waals surface area contributed by atoms with Crippen molar-refractivity contribution in [3.63, 3.8) is 0 Å². The Balaban J connectivity index is 0.00000176. The summed E-state index contributed by atoms with van der Waals surface area (Å²) < 4.78 is 5.67. The van der Waals surface area contributed by atoms with Gasteiger partial charge in [0.15, 0.2) is 5.96 Å². The lowest BCUT2D eigenvalue weighted by atomic mass is 10.0. The quantitative estimate of drug-likeness (QED) is 0.452. The molecular formula is C17H26IN3O. The van der Waals surface area contributed by atoms with Crippen LogP contribution < -0.4 is 15.8 Å². The zero-order valence-electron chi connectivity index (χ0n) is 13.1. The third-order valence-electron chi connectivity index (χ3n) is 4.60. The van der Waals surface area contributed by atoms with E-state index >= 15 is 0 Å². The number of ether oxygens (including phenoxy) is 1. The number of fused-ring (bicyclic) bond motifs is 1. The maximum absolute atomic E-state index is 6.07. The van der Waals surface area contributed by atoms with Crippen LogP contribution in [-0.4, -0.2) is 19.1 Å². The van der Waals surface area contributed by atoms with E-state index in [2.05, 4.69) is 23.3 Å². The van der Waals surface area contributed by atoms with Crippen LogP contribution in [0, 0.1) is 11.8 Å². The fourth-order valence-electron chi connectivity index (χ4n) is 3.43. The van der Waals surface area contributed by atoms with Crippen molar-refractivity contribution in [3.8, 4) is 5.75 Å². The molecule has 0 amide bonds. The Hall–Kier alpha value is -0.980. The van der Waals surface area contributed by atoms with Crippen molar-refractivity contribution in [1.29, 1.82) is 0 Å². The molecule has 1 saturated carbocycles. The fraction of sp³-hybridized carbons (Fsp3) is 0.588. The molecule has 1 aromatic rings. The van der Waals surface area contributed by atoms with Gasteiger partial charge in [-0.05, 0) is 30.7 Å². The number of nitrogens with zero attached hydrogens (tertiary/aromatic N) is 1. The molecule has 0 aromatic heterocycles. The third-order valence-corrected chi connectivity index (χ3v) is 4.60. The van der Waals surface area contributed by atoms with Crippen molar-refractivity contribution >= 4 is 29.9 Å². The lowest BCUT2D eigenvalue weighted by molar-refractivity contribution is 0.262. The summed E-state index contributed by atoms with van der Waals surface area (Å²) >= 11 is 0. The van der Waals surface area contributed by atoms with Gasteiger partial charge in [0.05, 0.1) is 12.6 Å². The van der Waals surface area contributed by atoms with Crippen molar-refractivity contribution in [2.45, 2.75) is 38.6 Å². The van der Waals surface area contributed by atoms with E-state index in [0.717, 1.165) is 31.2 Å². The van der Waals surface area contributed by atoms with Crippen LogP contribution in [0.2, 0.25) is 0 Å². The van der Waals surface area contributed by atoms with Gasteiger partial charge in [0, 0.05) is 18.5 Å². The number of aliphatic imine (C=N–C) groups is 1. The minimum Gasteiger partial charge on any atom is -0.493 e. The summed E-state index contributed by atoms with van der Waals surface area (Å²) in [7, 11) is 0. The van der Waals surface area contributed by atoms with Gasteiger partial charge in [0.25, 0.3) is 0 Å². The van der Waals surface area contributed by atoms with Crippen molar-refractivity contribution < 1.29 is 4.74 Å². The third kappa shape index (κ3) is 4.27. The molecule has 2 aliphatic rings. The predicted molar refractivity (Wildman–Crippen MR) is 101 cm³/mol. The molecule has 3 rings (SSSR count). The maximum Gasteiger partial charge on any atom is 0.189 e. The summed E-state index contributed by atoms with van der Waals surface area (Å²) in [4.78, 5) is 4.55. The summed E-state index contributed by atoms with van der Waals surface area (Å²) in [6.07, 6.45) is 4.84. The van der Waals surface area contributed by atoms with Crippen LogP contribution in [0.5, 0.6) is 5.75 Å². The molecule has 1 aliphatic carbocycles. The highest BCUT2D eigenvalue weighted by molar-refractivity contribution is 14.0. The second-order valence-corrected chi connectivity index (χ2v) is 6.38. The van der Waals surface area contributed by atoms with Gasteiger partial charge in [-0.15, -0.1) is 24.0 Å². The van der Waals surface area contributed by atoms with E-state index in [1.54, 1.807) is 0 Å². The molecule has 3 unspecified atom stereocenters. The number of guanidine groups is 1. The normalized spacial score (nSPS) is 27.5. The number of para-hydroxylation sites is 1. The smallest absolute Gasteiger partial charge is 0.189 e. The molecule has 22 heavy (non-hydrogen) atoms. The van der Waals surface area contributed by atoms with Gasteiger partial charge in [-0.2, -0.15) is 0 Å². The molecule has 1 heterocycles. The van der Waals surface area contributed by atoms with Crippen LogP contribution >= 0.6 is 24.0 Å². The molecule has 0 radical (unpaired) electrons. The van der Waals surface area contributed by atoms with Gasteiger partial charge in [-0.3, -0.25) is 4.99 Å². The average Bonchev–Trinajstić information content (AvgIpc) is 2.91. The Morgan fingerprint density at radius 1 is 1.32 bits per heavy atom. The Morgan fingerprint density at radius 2 is 2.14 bits per heavy atom. The van der Waals surface area contributed by atoms with E-state index < -0.39 is 0 Å². The first-order valence-corrected chi connectivity index (χ1v) is 8.00. The van der Waals surface area contributed by atoms with Crippen LogP contribution in [0.25, 0.3) is 0 Å². The van der Waals surface area contributed by atoms with E-state index in [1.165, 1.54) is 24.8 Å². The second-order valence-electron chi connectivity index (χ2n) is 6.38. The first kappa shape index (κ1) is 17.4. The molecular weight excluding hydrogens is 389 g/mol. The molecule has 0 bridgehead atoms. The monoisotopic (exact) mass is 415 g/mol. The zero-order valence-corrected chi connectivity index (χ0v) is 15.5. The summed E-state index contributed by atoms with van der Waals surface area (Å²) in [5.41, 5.74) is 7.25. The largest absolute Gasteiger partial charge is 0.493 e. The minimum atomic E-state index is 0. The Bertz CT molecular complexity index is 520. The molecule has 1 aliphatic heterocycles. The lowest BCUT2D eigenvalue weighted by Gasteiger charge is -2.27. The lowest BCUT2D eigenvalue weighted by Crippen LogP contribution is -2.37. The van der Waals surface area contributed by atoms with Crippen molar-refractivity contribution in [1.82, 2.24) is 5.32 Å². The van der Waals surface area contributed by atoms with Crippen molar-refractivity contribution in [2.75, 3.05) is 13.2 Å². The second kappa shape index (κ2) is 8.04. The molecule has 3 N–H and O–H groups in total. The molecule has 5 heteroatoms. The highest BCUT2D eigenvalue weighted by Crippen LogP contribution is 2.32. The van der Waals surface area contributed by atoms with E-state index in [0.29, 0.717) is 11.9 Å². The summed E-state index contributed by atoms with van der Waals surface area (Å²) in [5, 5.41) is 3.36. The number of benzene rings is 1. The van der Waals surface area contributed by atoms with E-state index in [9.17, 15) is 0 Å². The highest BCUT2D eigenvalue weighted by Gasteiger charge is 2.22. The number of nitrogens with one attached hydrogen (secondary N) is 1. The number of nitrogens with two attached hydrogens (primary N) is 1. The first-order valence-electron chi connectivity index (χ1n) is 8.00. The predicted octanol–water partition coefficient (Wildman–Crippen LogP) is 3.47. The Kier molecular flexibility index (Phi) is 6.35. The van der Waals surface area contributed by atoms with Gasteiger partial charge in [-0.1, -0.05) is 31.5 Å². The maximum atomic E-state index is 6.07. The molecule has 3 atom stereocenters. The molecule has 4 nitrogen and oxygen atoms in total. The van der Waals surface area contributed by atoms with Gasteiger partial charge >= 0.3 is 0 Å². The zero-order chi connectivity index (χ0) is 14.7. The number of halogens is 1. The number of hydrogen-bond acceptors (Lipinski definition) is 2. The highest BCUT2D eigenvalue weighted by atomic mass is 127. The van der Waals surface area contributed by atoms with Crippen LogP contribution in [-0.2, 0) is 0 Å². The molecule has 0 spiro atoms. The molecule has 1 fully saturated rings. The molecule has 0 saturated heterocycles. The summed E-state index contributed by atoms with van der Waals surface area (Å²) in [5.74, 6) is 3.08. The Morgan fingerprint density at radius 3 is 2.91 bits per heavy atom. The van der Waals surface area contributed by atoms with Crippen LogP contribution in [0.4, 0.5) is 0 Å². The number of hydrogen-bond donors (Lipinski definition) is 2.